The lowest BCUT2D eigenvalue weighted by atomic mass is 10.1. The number of halogens is 1. The van der Waals surface area contributed by atoms with Gasteiger partial charge in [-0.1, -0.05) is 6.07 Å². The number of hydrogen-bond acceptors (Lipinski definition) is 3. The fraction of sp³-hybridized carbons (Fsp3) is 0.200. The Balaban J connectivity index is 2.10. The van der Waals surface area contributed by atoms with Crippen molar-refractivity contribution in [3.8, 4) is 0 Å². The Hall–Kier alpha value is -0.580. The molecule has 2 heterocycles. The molecule has 0 saturated carbocycles. The lowest BCUT2D eigenvalue weighted by molar-refractivity contribution is 0.463. The Morgan fingerprint density at radius 3 is 2.93 bits per heavy atom. The first-order valence-corrected chi connectivity index (χ1v) is 5.95. The molecule has 2 nitrogen and oxygen atoms in total. The standard InChI is InChI=1S/C10H10BrNOS/c11-8-3-4-13-10(8)9(12)6-7-2-1-5-14-7/h1-5,9H,6,12H2. The van der Waals surface area contributed by atoms with Crippen LogP contribution in [0.3, 0.4) is 0 Å². The minimum absolute atomic E-state index is 0.0713. The molecule has 0 spiro atoms. The molecule has 1 unspecified atom stereocenters. The van der Waals surface area contributed by atoms with Crippen molar-refractivity contribution < 1.29 is 4.42 Å². The molecule has 4 heteroatoms. The molecule has 0 saturated heterocycles. The number of rotatable bonds is 3. The molecule has 2 aromatic rings. The van der Waals surface area contributed by atoms with Gasteiger partial charge < -0.3 is 10.2 Å². The van der Waals surface area contributed by atoms with Crippen LogP contribution in [0.25, 0.3) is 0 Å². The number of hydrogen-bond donors (Lipinski definition) is 1. The Morgan fingerprint density at radius 1 is 1.50 bits per heavy atom. The topological polar surface area (TPSA) is 39.2 Å². The van der Waals surface area contributed by atoms with Crippen LogP contribution >= 0.6 is 27.3 Å². The predicted octanol–water partition coefficient (Wildman–Crippen LogP) is 3.35. The Kier molecular flexibility index (Phi) is 3.05. The van der Waals surface area contributed by atoms with Crippen LogP contribution in [0.1, 0.15) is 16.7 Å². The van der Waals surface area contributed by atoms with E-state index in [9.17, 15) is 0 Å². The van der Waals surface area contributed by atoms with Crippen LogP contribution in [0.2, 0.25) is 0 Å². The first kappa shape index (κ1) is 9.96. The highest BCUT2D eigenvalue weighted by molar-refractivity contribution is 9.10. The summed E-state index contributed by atoms with van der Waals surface area (Å²) < 4.78 is 6.25. The van der Waals surface area contributed by atoms with E-state index in [-0.39, 0.29) is 6.04 Å². The zero-order chi connectivity index (χ0) is 9.97. The lowest BCUT2D eigenvalue weighted by Gasteiger charge is -2.07. The minimum Gasteiger partial charge on any atom is -0.466 e. The minimum atomic E-state index is -0.0713. The van der Waals surface area contributed by atoms with E-state index in [2.05, 4.69) is 27.4 Å². The Labute approximate surface area is 94.9 Å². The fourth-order valence-electron chi connectivity index (χ4n) is 1.31. The molecule has 0 radical (unpaired) electrons. The molecule has 14 heavy (non-hydrogen) atoms. The van der Waals surface area contributed by atoms with E-state index < -0.39 is 0 Å². The third-order valence-corrected chi connectivity index (χ3v) is 3.54. The van der Waals surface area contributed by atoms with E-state index in [1.807, 2.05) is 12.1 Å². The van der Waals surface area contributed by atoms with Crippen LogP contribution in [0.15, 0.2) is 38.7 Å². The largest absolute Gasteiger partial charge is 0.466 e. The van der Waals surface area contributed by atoms with Gasteiger partial charge in [0.2, 0.25) is 0 Å². The van der Waals surface area contributed by atoms with Gasteiger partial charge in [0.1, 0.15) is 5.76 Å². The van der Waals surface area contributed by atoms with Gasteiger partial charge in [0.15, 0.2) is 0 Å². The molecule has 0 aliphatic carbocycles. The smallest absolute Gasteiger partial charge is 0.134 e. The quantitative estimate of drug-likeness (QED) is 0.930. The Morgan fingerprint density at radius 2 is 2.36 bits per heavy atom. The molecule has 0 aliphatic heterocycles. The number of thiophene rings is 1. The van der Waals surface area contributed by atoms with Gasteiger partial charge in [-0.3, -0.25) is 0 Å². The molecular weight excluding hydrogens is 262 g/mol. The monoisotopic (exact) mass is 271 g/mol. The zero-order valence-electron chi connectivity index (χ0n) is 7.44. The van der Waals surface area contributed by atoms with Gasteiger partial charge in [0.05, 0.1) is 16.8 Å². The van der Waals surface area contributed by atoms with Gasteiger partial charge in [0, 0.05) is 11.3 Å². The third-order valence-electron chi connectivity index (χ3n) is 1.98. The van der Waals surface area contributed by atoms with Crippen LogP contribution < -0.4 is 5.73 Å². The van der Waals surface area contributed by atoms with Gasteiger partial charge in [0.25, 0.3) is 0 Å². The third kappa shape index (κ3) is 2.08. The second-order valence-electron chi connectivity index (χ2n) is 3.02. The van der Waals surface area contributed by atoms with Crippen molar-refractivity contribution in [3.05, 3.63) is 45.0 Å². The molecule has 2 N–H and O–H groups in total. The van der Waals surface area contributed by atoms with Crippen LogP contribution in [0.4, 0.5) is 0 Å². The average Bonchev–Trinajstić information content (AvgIpc) is 2.75. The van der Waals surface area contributed by atoms with E-state index in [1.54, 1.807) is 17.6 Å². The van der Waals surface area contributed by atoms with E-state index in [0.717, 1.165) is 16.7 Å². The van der Waals surface area contributed by atoms with Crippen molar-refractivity contribution in [2.24, 2.45) is 5.73 Å². The summed E-state index contributed by atoms with van der Waals surface area (Å²) in [7, 11) is 0. The van der Waals surface area contributed by atoms with Gasteiger partial charge in [-0.2, -0.15) is 0 Å². The summed E-state index contributed by atoms with van der Waals surface area (Å²) in [6, 6.07) is 5.91. The number of nitrogens with two attached hydrogens (primary N) is 1. The first-order valence-electron chi connectivity index (χ1n) is 4.28. The van der Waals surface area contributed by atoms with E-state index in [0.29, 0.717) is 0 Å². The lowest BCUT2D eigenvalue weighted by Crippen LogP contribution is -2.12. The van der Waals surface area contributed by atoms with Gasteiger partial charge >= 0.3 is 0 Å². The molecule has 0 aromatic carbocycles. The molecule has 2 rings (SSSR count). The molecule has 0 amide bonds. The summed E-state index contributed by atoms with van der Waals surface area (Å²) in [5.41, 5.74) is 6.01. The average molecular weight is 272 g/mol. The summed E-state index contributed by atoms with van der Waals surface area (Å²) >= 11 is 5.12. The molecule has 1 atom stereocenters. The van der Waals surface area contributed by atoms with E-state index in [4.69, 9.17) is 10.2 Å². The van der Waals surface area contributed by atoms with Gasteiger partial charge in [-0.05, 0) is 33.4 Å². The van der Waals surface area contributed by atoms with Crippen molar-refractivity contribution in [3.63, 3.8) is 0 Å². The van der Waals surface area contributed by atoms with Gasteiger partial charge in [-0.25, -0.2) is 0 Å². The van der Waals surface area contributed by atoms with Crippen molar-refractivity contribution in [2.75, 3.05) is 0 Å². The van der Waals surface area contributed by atoms with Crippen LogP contribution in [0, 0.1) is 0 Å². The maximum atomic E-state index is 6.01. The molecule has 0 fully saturated rings. The van der Waals surface area contributed by atoms with Crippen molar-refractivity contribution in [1.82, 2.24) is 0 Å². The summed E-state index contributed by atoms with van der Waals surface area (Å²) in [6.07, 6.45) is 2.47. The molecule has 0 bridgehead atoms. The molecular formula is C10H10BrNOS. The first-order chi connectivity index (χ1) is 6.77. The summed E-state index contributed by atoms with van der Waals surface area (Å²) in [6.45, 7) is 0. The maximum Gasteiger partial charge on any atom is 0.134 e. The van der Waals surface area contributed by atoms with E-state index in [1.165, 1.54) is 4.88 Å². The van der Waals surface area contributed by atoms with Crippen LogP contribution in [0.5, 0.6) is 0 Å². The van der Waals surface area contributed by atoms with Gasteiger partial charge in [-0.15, -0.1) is 11.3 Å². The molecule has 0 aliphatic rings. The summed E-state index contributed by atoms with van der Waals surface area (Å²) in [5, 5.41) is 2.05. The Bertz CT molecular complexity index is 396. The highest BCUT2D eigenvalue weighted by Gasteiger charge is 2.14. The molecule has 74 valence electrons. The molecule has 2 aromatic heterocycles. The van der Waals surface area contributed by atoms with Crippen molar-refractivity contribution in [2.45, 2.75) is 12.5 Å². The maximum absolute atomic E-state index is 6.01. The second kappa shape index (κ2) is 4.29. The van der Waals surface area contributed by atoms with Crippen molar-refractivity contribution >= 4 is 27.3 Å². The van der Waals surface area contributed by atoms with Crippen molar-refractivity contribution in [1.29, 1.82) is 0 Å². The highest BCUT2D eigenvalue weighted by Crippen LogP contribution is 2.26. The SMILES string of the molecule is NC(Cc1cccs1)c1occc1Br. The van der Waals surface area contributed by atoms with Crippen LogP contribution in [-0.2, 0) is 6.42 Å². The second-order valence-corrected chi connectivity index (χ2v) is 4.91. The predicted molar refractivity (Wildman–Crippen MR) is 61.4 cm³/mol. The van der Waals surface area contributed by atoms with Crippen LogP contribution in [-0.4, -0.2) is 0 Å². The fourth-order valence-corrected chi connectivity index (χ4v) is 2.57. The normalized spacial score (nSPS) is 13.0. The summed E-state index contributed by atoms with van der Waals surface area (Å²) in [5.74, 6) is 0.818. The highest BCUT2D eigenvalue weighted by atomic mass is 79.9. The zero-order valence-corrected chi connectivity index (χ0v) is 9.85. The summed E-state index contributed by atoms with van der Waals surface area (Å²) in [4.78, 5) is 1.28. The number of furan rings is 1. The van der Waals surface area contributed by atoms with E-state index >= 15 is 0 Å².